The van der Waals surface area contributed by atoms with Gasteiger partial charge in [-0.25, -0.2) is 0 Å². The molecule has 0 amide bonds. The molecule has 56 valence electrons. The monoisotopic (exact) mass is 155 g/mol. The van der Waals surface area contributed by atoms with Crippen molar-refractivity contribution >= 4 is 10.3 Å². The SMILES string of the molecule is CCOS(=O)(=O)NOC. The van der Waals surface area contributed by atoms with E-state index in [1.807, 2.05) is 0 Å². The van der Waals surface area contributed by atoms with Gasteiger partial charge in [-0.1, -0.05) is 4.89 Å². The first-order valence-electron chi connectivity index (χ1n) is 2.31. The fraction of sp³-hybridized carbons (Fsp3) is 1.00. The van der Waals surface area contributed by atoms with Crippen molar-refractivity contribution in [3.05, 3.63) is 0 Å². The van der Waals surface area contributed by atoms with E-state index in [-0.39, 0.29) is 6.61 Å². The first-order valence-corrected chi connectivity index (χ1v) is 3.72. The minimum absolute atomic E-state index is 0.0959. The van der Waals surface area contributed by atoms with Gasteiger partial charge in [-0.05, 0) is 6.92 Å². The molecule has 0 saturated heterocycles. The molecule has 0 unspecified atom stereocenters. The zero-order valence-corrected chi connectivity index (χ0v) is 6.06. The maximum Gasteiger partial charge on any atom is 0.358 e. The summed E-state index contributed by atoms with van der Waals surface area (Å²) >= 11 is 0. The summed E-state index contributed by atoms with van der Waals surface area (Å²) in [5.41, 5.74) is 0. The minimum Gasteiger partial charge on any atom is -0.289 e. The van der Waals surface area contributed by atoms with Crippen molar-refractivity contribution in [2.24, 2.45) is 0 Å². The summed E-state index contributed by atoms with van der Waals surface area (Å²) in [5, 5.41) is 0. The van der Waals surface area contributed by atoms with E-state index in [0.29, 0.717) is 0 Å². The molecule has 0 radical (unpaired) electrons. The zero-order chi connectivity index (χ0) is 7.33. The molecule has 0 saturated carbocycles. The summed E-state index contributed by atoms with van der Waals surface area (Å²) < 4.78 is 25.0. The fourth-order valence-electron chi connectivity index (χ4n) is 0.281. The second-order valence-electron chi connectivity index (χ2n) is 1.15. The summed E-state index contributed by atoms with van der Waals surface area (Å²) in [5.74, 6) is 0. The Balaban J connectivity index is 3.73. The molecule has 0 heterocycles. The van der Waals surface area contributed by atoms with Gasteiger partial charge in [-0.2, -0.15) is 8.42 Å². The lowest BCUT2D eigenvalue weighted by atomic mass is 10.9. The predicted molar refractivity (Wildman–Crippen MR) is 30.7 cm³/mol. The summed E-state index contributed by atoms with van der Waals surface area (Å²) in [6.07, 6.45) is 0. The van der Waals surface area contributed by atoms with E-state index >= 15 is 0 Å². The summed E-state index contributed by atoms with van der Waals surface area (Å²) in [6, 6.07) is 0. The van der Waals surface area contributed by atoms with Gasteiger partial charge in [0.1, 0.15) is 0 Å². The molecule has 0 aliphatic carbocycles. The molecule has 5 nitrogen and oxygen atoms in total. The Hall–Kier alpha value is -0.170. The number of hydrogen-bond donors (Lipinski definition) is 1. The molecule has 0 atom stereocenters. The first kappa shape index (κ1) is 8.83. The molecule has 0 aromatic heterocycles. The third-order valence-corrected chi connectivity index (χ3v) is 1.38. The number of hydrogen-bond acceptors (Lipinski definition) is 4. The van der Waals surface area contributed by atoms with Crippen molar-refractivity contribution < 1.29 is 17.4 Å². The van der Waals surface area contributed by atoms with Crippen LogP contribution in [0.1, 0.15) is 6.92 Å². The van der Waals surface area contributed by atoms with Crippen LogP contribution in [0.15, 0.2) is 0 Å². The van der Waals surface area contributed by atoms with Gasteiger partial charge < -0.3 is 0 Å². The highest BCUT2D eigenvalue weighted by Gasteiger charge is 2.05. The smallest absolute Gasteiger partial charge is 0.289 e. The van der Waals surface area contributed by atoms with Crippen LogP contribution >= 0.6 is 0 Å². The molecule has 0 aromatic carbocycles. The first-order chi connectivity index (χ1) is 4.12. The maximum atomic E-state index is 10.4. The Morgan fingerprint density at radius 3 is 2.44 bits per heavy atom. The summed E-state index contributed by atoms with van der Waals surface area (Å²) in [7, 11) is -2.46. The van der Waals surface area contributed by atoms with Crippen LogP contribution in [0.5, 0.6) is 0 Å². The zero-order valence-electron chi connectivity index (χ0n) is 5.25. The number of nitrogens with one attached hydrogen (secondary N) is 1. The maximum absolute atomic E-state index is 10.4. The standard InChI is InChI=1S/C3H9NO4S/c1-3-8-9(5,6)4-7-2/h4H,3H2,1-2H3. The molecule has 0 aliphatic rings. The van der Waals surface area contributed by atoms with Crippen molar-refractivity contribution in [3.8, 4) is 0 Å². The lowest BCUT2D eigenvalue weighted by Gasteiger charge is -2.00. The van der Waals surface area contributed by atoms with E-state index in [1.54, 1.807) is 11.8 Å². The summed E-state index contributed by atoms with van der Waals surface area (Å²) in [4.78, 5) is 5.77. The number of rotatable bonds is 4. The molecule has 0 aromatic rings. The molecule has 0 bridgehead atoms. The third-order valence-electron chi connectivity index (χ3n) is 0.458. The highest BCUT2D eigenvalue weighted by atomic mass is 32.2. The topological polar surface area (TPSA) is 64.6 Å². The van der Waals surface area contributed by atoms with Gasteiger partial charge >= 0.3 is 10.3 Å². The van der Waals surface area contributed by atoms with Crippen LogP contribution in [0.3, 0.4) is 0 Å². The molecule has 0 rings (SSSR count). The quantitative estimate of drug-likeness (QED) is 0.551. The van der Waals surface area contributed by atoms with Crippen LogP contribution in [0.25, 0.3) is 0 Å². The lowest BCUT2D eigenvalue weighted by Crippen LogP contribution is -2.24. The normalized spacial score (nSPS) is 11.8. The molecule has 6 heteroatoms. The largest absolute Gasteiger partial charge is 0.358 e. The molecule has 9 heavy (non-hydrogen) atoms. The molecular weight excluding hydrogens is 146 g/mol. The minimum atomic E-state index is -3.65. The van der Waals surface area contributed by atoms with Gasteiger partial charge in [-0.3, -0.25) is 9.02 Å². The van der Waals surface area contributed by atoms with E-state index < -0.39 is 10.3 Å². The van der Waals surface area contributed by atoms with Gasteiger partial charge in [0, 0.05) is 0 Å². The van der Waals surface area contributed by atoms with Crippen molar-refractivity contribution in [1.82, 2.24) is 4.89 Å². The molecular formula is C3H9NO4S. The van der Waals surface area contributed by atoms with Crippen LogP contribution in [0.2, 0.25) is 0 Å². The van der Waals surface area contributed by atoms with Gasteiger partial charge in [0.25, 0.3) is 0 Å². The van der Waals surface area contributed by atoms with Gasteiger partial charge in [0.05, 0.1) is 13.7 Å². The van der Waals surface area contributed by atoms with E-state index in [1.165, 1.54) is 7.11 Å². The van der Waals surface area contributed by atoms with E-state index in [2.05, 4.69) is 9.02 Å². The highest BCUT2D eigenvalue weighted by Crippen LogP contribution is 1.84. The Bertz CT molecular complexity index is 139. The van der Waals surface area contributed by atoms with Gasteiger partial charge in [0.15, 0.2) is 0 Å². The lowest BCUT2D eigenvalue weighted by molar-refractivity contribution is 0.136. The Kier molecular flexibility index (Phi) is 3.71. The predicted octanol–water partition coefficient (Wildman–Crippen LogP) is -0.581. The second kappa shape index (κ2) is 3.78. The van der Waals surface area contributed by atoms with Crippen LogP contribution in [0.4, 0.5) is 0 Å². The molecule has 0 fully saturated rings. The highest BCUT2D eigenvalue weighted by molar-refractivity contribution is 7.84. The Morgan fingerprint density at radius 2 is 2.11 bits per heavy atom. The Morgan fingerprint density at radius 1 is 1.56 bits per heavy atom. The molecule has 0 spiro atoms. The van der Waals surface area contributed by atoms with Crippen LogP contribution in [0, 0.1) is 0 Å². The molecule has 1 N–H and O–H groups in total. The van der Waals surface area contributed by atoms with Crippen LogP contribution < -0.4 is 4.89 Å². The average Bonchev–Trinajstić information content (AvgIpc) is 1.64. The molecule has 0 aliphatic heterocycles. The van der Waals surface area contributed by atoms with Gasteiger partial charge in [-0.15, -0.1) is 0 Å². The Labute approximate surface area is 54.2 Å². The van der Waals surface area contributed by atoms with Crippen molar-refractivity contribution in [2.75, 3.05) is 13.7 Å². The van der Waals surface area contributed by atoms with E-state index in [4.69, 9.17) is 0 Å². The second-order valence-corrected chi connectivity index (χ2v) is 2.46. The fourth-order valence-corrected chi connectivity index (χ4v) is 0.844. The van der Waals surface area contributed by atoms with Crippen LogP contribution in [-0.4, -0.2) is 22.1 Å². The summed E-state index contributed by atoms with van der Waals surface area (Å²) in [6.45, 7) is 1.66. The van der Waals surface area contributed by atoms with Gasteiger partial charge in [0.2, 0.25) is 0 Å². The van der Waals surface area contributed by atoms with Crippen molar-refractivity contribution in [2.45, 2.75) is 6.92 Å². The average molecular weight is 155 g/mol. The van der Waals surface area contributed by atoms with Crippen molar-refractivity contribution in [3.63, 3.8) is 0 Å². The van der Waals surface area contributed by atoms with Crippen LogP contribution in [-0.2, 0) is 19.3 Å². The van der Waals surface area contributed by atoms with E-state index in [9.17, 15) is 8.42 Å². The third kappa shape index (κ3) is 4.34. The van der Waals surface area contributed by atoms with E-state index in [0.717, 1.165) is 0 Å². The van der Waals surface area contributed by atoms with Crippen molar-refractivity contribution in [1.29, 1.82) is 0 Å².